The Kier molecular flexibility index (Phi) is 5.43. The van der Waals surface area contributed by atoms with Crippen LogP contribution in [0.4, 0.5) is 4.39 Å². The second-order valence-corrected chi connectivity index (χ2v) is 6.01. The minimum atomic E-state index is -0.984. The van der Waals surface area contributed by atoms with Gasteiger partial charge in [-0.2, -0.15) is 0 Å². The largest absolute Gasteiger partial charge is 0.478 e. The predicted octanol–water partition coefficient (Wildman–Crippen LogP) is 3.80. The Balaban J connectivity index is 1.88. The SMILES string of the molecule is O=C(O)c1cccnc1SCCSc1ccccc1F. The molecule has 0 atom stereocenters. The molecule has 0 spiro atoms. The van der Waals surface area contributed by atoms with Gasteiger partial charge in [0, 0.05) is 22.6 Å². The van der Waals surface area contributed by atoms with Crippen LogP contribution in [0.3, 0.4) is 0 Å². The molecule has 20 heavy (non-hydrogen) atoms. The highest BCUT2D eigenvalue weighted by Crippen LogP contribution is 2.25. The van der Waals surface area contributed by atoms with E-state index in [1.54, 1.807) is 30.5 Å². The summed E-state index contributed by atoms with van der Waals surface area (Å²) in [4.78, 5) is 15.7. The standard InChI is InChI=1S/C14H12FNO2S2/c15-11-5-1-2-6-12(11)19-8-9-20-13-10(14(17)18)4-3-7-16-13/h1-7H,8-9H2,(H,17,18). The predicted molar refractivity (Wildman–Crippen MR) is 79.0 cm³/mol. The van der Waals surface area contributed by atoms with Crippen LogP contribution in [-0.2, 0) is 0 Å². The summed E-state index contributed by atoms with van der Waals surface area (Å²) in [5.74, 6) is 0.131. The van der Waals surface area contributed by atoms with Crippen LogP contribution in [-0.4, -0.2) is 27.6 Å². The van der Waals surface area contributed by atoms with Crippen molar-refractivity contribution >= 4 is 29.5 Å². The third-order valence-electron chi connectivity index (χ3n) is 2.42. The molecule has 1 N–H and O–H groups in total. The molecule has 0 fully saturated rings. The molecule has 1 aromatic heterocycles. The van der Waals surface area contributed by atoms with Crippen molar-refractivity contribution in [1.82, 2.24) is 4.98 Å². The summed E-state index contributed by atoms with van der Waals surface area (Å²) in [6.07, 6.45) is 1.57. The molecule has 3 nitrogen and oxygen atoms in total. The van der Waals surface area contributed by atoms with Crippen LogP contribution in [0, 0.1) is 5.82 Å². The lowest BCUT2D eigenvalue weighted by atomic mass is 10.3. The van der Waals surface area contributed by atoms with Gasteiger partial charge in [-0.3, -0.25) is 0 Å². The first-order chi connectivity index (χ1) is 9.68. The molecule has 0 saturated carbocycles. The average molecular weight is 309 g/mol. The van der Waals surface area contributed by atoms with Gasteiger partial charge in [-0.05, 0) is 24.3 Å². The highest BCUT2D eigenvalue weighted by atomic mass is 32.2. The first kappa shape index (κ1) is 14.9. The first-order valence-corrected chi connectivity index (χ1v) is 7.84. The number of hydrogen-bond acceptors (Lipinski definition) is 4. The number of nitrogens with zero attached hydrogens (tertiary/aromatic N) is 1. The summed E-state index contributed by atoms with van der Waals surface area (Å²) < 4.78 is 13.4. The summed E-state index contributed by atoms with van der Waals surface area (Å²) in [7, 11) is 0. The Morgan fingerprint density at radius 3 is 2.65 bits per heavy atom. The van der Waals surface area contributed by atoms with Crippen LogP contribution in [0.2, 0.25) is 0 Å². The monoisotopic (exact) mass is 309 g/mol. The van der Waals surface area contributed by atoms with E-state index in [4.69, 9.17) is 5.11 Å². The van der Waals surface area contributed by atoms with Crippen molar-refractivity contribution in [1.29, 1.82) is 0 Å². The van der Waals surface area contributed by atoms with Gasteiger partial charge in [0.1, 0.15) is 10.8 Å². The molecule has 0 amide bonds. The number of benzene rings is 1. The van der Waals surface area contributed by atoms with Crippen LogP contribution >= 0.6 is 23.5 Å². The van der Waals surface area contributed by atoms with E-state index in [0.29, 0.717) is 21.4 Å². The third-order valence-corrected chi connectivity index (χ3v) is 4.73. The van der Waals surface area contributed by atoms with Crippen molar-refractivity contribution in [2.75, 3.05) is 11.5 Å². The maximum Gasteiger partial charge on any atom is 0.338 e. The van der Waals surface area contributed by atoms with Crippen LogP contribution in [0.25, 0.3) is 0 Å². The van der Waals surface area contributed by atoms with Crippen molar-refractivity contribution in [3.8, 4) is 0 Å². The quantitative estimate of drug-likeness (QED) is 0.649. The summed E-state index contributed by atoms with van der Waals surface area (Å²) in [5, 5.41) is 9.52. The fourth-order valence-corrected chi connectivity index (χ4v) is 3.43. The molecular formula is C14H12FNO2S2. The van der Waals surface area contributed by atoms with Gasteiger partial charge in [-0.1, -0.05) is 12.1 Å². The van der Waals surface area contributed by atoms with E-state index in [-0.39, 0.29) is 11.4 Å². The van der Waals surface area contributed by atoms with Crippen LogP contribution in [0.15, 0.2) is 52.5 Å². The second-order valence-electron chi connectivity index (χ2n) is 3.79. The number of thioether (sulfide) groups is 2. The number of rotatable bonds is 6. The van der Waals surface area contributed by atoms with Gasteiger partial charge in [0.25, 0.3) is 0 Å². The van der Waals surface area contributed by atoms with Gasteiger partial charge >= 0.3 is 5.97 Å². The lowest BCUT2D eigenvalue weighted by Crippen LogP contribution is -2.01. The van der Waals surface area contributed by atoms with Crippen molar-refractivity contribution in [2.24, 2.45) is 0 Å². The second kappa shape index (κ2) is 7.31. The molecule has 2 rings (SSSR count). The van der Waals surface area contributed by atoms with Gasteiger partial charge in [0.15, 0.2) is 0 Å². The van der Waals surface area contributed by atoms with Crippen LogP contribution < -0.4 is 0 Å². The Labute approximate surface area is 124 Å². The normalized spacial score (nSPS) is 10.4. The molecule has 0 unspecified atom stereocenters. The third kappa shape index (κ3) is 3.98. The zero-order valence-corrected chi connectivity index (χ0v) is 12.1. The topological polar surface area (TPSA) is 50.2 Å². The number of carboxylic acids is 1. The number of aromatic carboxylic acids is 1. The molecule has 2 aromatic rings. The molecule has 0 aliphatic carbocycles. The summed E-state index contributed by atoms with van der Waals surface area (Å²) >= 11 is 2.77. The number of pyridine rings is 1. The van der Waals surface area contributed by atoms with Crippen LogP contribution in [0.1, 0.15) is 10.4 Å². The minimum Gasteiger partial charge on any atom is -0.478 e. The molecule has 6 heteroatoms. The number of halogens is 1. The van der Waals surface area contributed by atoms with E-state index in [9.17, 15) is 9.18 Å². The lowest BCUT2D eigenvalue weighted by molar-refractivity contribution is 0.0692. The summed E-state index contributed by atoms with van der Waals surface area (Å²) in [5.41, 5.74) is 0.202. The van der Waals surface area contributed by atoms with Crippen LogP contribution in [0.5, 0.6) is 0 Å². The minimum absolute atomic E-state index is 0.202. The smallest absolute Gasteiger partial charge is 0.338 e. The number of aromatic nitrogens is 1. The van der Waals surface area contributed by atoms with E-state index in [1.807, 2.05) is 0 Å². The first-order valence-electron chi connectivity index (χ1n) is 5.87. The maximum absolute atomic E-state index is 13.4. The number of carbonyl (C=O) groups is 1. The maximum atomic E-state index is 13.4. The molecule has 0 saturated heterocycles. The van der Waals surface area contributed by atoms with Crippen molar-refractivity contribution in [3.63, 3.8) is 0 Å². The highest BCUT2D eigenvalue weighted by molar-refractivity contribution is 8.03. The van der Waals surface area contributed by atoms with Gasteiger partial charge in [-0.25, -0.2) is 14.2 Å². The van der Waals surface area contributed by atoms with E-state index < -0.39 is 5.97 Å². The molecule has 1 aromatic carbocycles. The molecule has 0 aliphatic heterocycles. The fourth-order valence-electron chi connectivity index (χ4n) is 1.52. The van der Waals surface area contributed by atoms with E-state index in [1.165, 1.54) is 35.7 Å². The lowest BCUT2D eigenvalue weighted by Gasteiger charge is -2.05. The summed E-state index contributed by atoms with van der Waals surface area (Å²) in [6.45, 7) is 0. The highest BCUT2D eigenvalue weighted by Gasteiger charge is 2.10. The van der Waals surface area contributed by atoms with Crippen molar-refractivity contribution in [3.05, 3.63) is 54.0 Å². The Bertz CT molecular complexity index is 607. The molecular weight excluding hydrogens is 297 g/mol. The van der Waals surface area contributed by atoms with E-state index >= 15 is 0 Å². The molecule has 104 valence electrons. The zero-order valence-electron chi connectivity index (χ0n) is 10.5. The van der Waals surface area contributed by atoms with Crippen molar-refractivity contribution in [2.45, 2.75) is 9.92 Å². The Morgan fingerprint density at radius 1 is 1.15 bits per heavy atom. The van der Waals surface area contributed by atoms with Crippen molar-refractivity contribution < 1.29 is 14.3 Å². The van der Waals surface area contributed by atoms with Gasteiger partial charge < -0.3 is 5.11 Å². The Hall–Kier alpha value is -1.53. The average Bonchev–Trinajstić information content (AvgIpc) is 2.45. The summed E-state index contributed by atoms with van der Waals surface area (Å²) in [6, 6.07) is 9.73. The van der Waals surface area contributed by atoms with E-state index in [0.717, 1.165) is 0 Å². The zero-order chi connectivity index (χ0) is 14.4. The molecule has 0 radical (unpaired) electrons. The molecule has 1 heterocycles. The fraction of sp³-hybridized carbons (Fsp3) is 0.143. The molecule has 0 bridgehead atoms. The van der Waals surface area contributed by atoms with Gasteiger partial charge in [-0.15, -0.1) is 23.5 Å². The van der Waals surface area contributed by atoms with Gasteiger partial charge in [0.2, 0.25) is 0 Å². The number of hydrogen-bond donors (Lipinski definition) is 1. The van der Waals surface area contributed by atoms with Gasteiger partial charge in [0.05, 0.1) is 5.56 Å². The van der Waals surface area contributed by atoms with E-state index in [2.05, 4.69) is 4.98 Å². The molecule has 0 aliphatic rings. The number of carboxylic acid groups (broad SMARTS) is 1. The Morgan fingerprint density at radius 2 is 1.90 bits per heavy atom.